The van der Waals surface area contributed by atoms with E-state index in [1.54, 1.807) is 45.0 Å². The summed E-state index contributed by atoms with van der Waals surface area (Å²) in [5.74, 6) is -3.54. The Kier molecular flexibility index (Phi) is 26.9. The summed E-state index contributed by atoms with van der Waals surface area (Å²) in [4.78, 5) is 84.2. The number of ether oxygens (including phenoxy) is 1. The molecule has 15 nitrogen and oxygen atoms in total. The van der Waals surface area contributed by atoms with Crippen LogP contribution in [0.2, 0.25) is 0 Å². The molecule has 1 fully saturated rings. The van der Waals surface area contributed by atoms with E-state index in [0.717, 1.165) is 23.4 Å². The first-order chi connectivity index (χ1) is 24.1. The number of anilines is 1. The molecule has 1 aliphatic heterocycles. The highest BCUT2D eigenvalue weighted by Gasteiger charge is 2.41. The molecule has 2 rings (SSSR count). The number of rotatable bonds is 16. The molecule has 1 aliphatic rings. The van der Waals surface area contributed by atoms with E-state index < -0.39 is 48.2 Å². The first-order valence-corrected chi connectivity index (χ1v) is 17.8. The fraction of sp³-hybridized carbons (Fsp3) is 0.639. The zero-order chi connectivity index (χ0) is 39.5. The number of urea groups is 1. The molecular weight excluding hydrogens is 658 g/mol. The van der Waals surface area contributed by atoms with E-state index in [1.807, 2.05) is 34.6 Å². The van der Waals surface area contributed by atoms with Crippen LogP contribution < -0.4 is 32.7 Å². The molecule has 51 heavy (non-hydrogen) atoms. The Morgan fingerprint density at radius 2 is 1.53 bits per heavy atom. The van der Waals surface area contributed by atoms with Crippen LogP contribution in [0, 0.1) is 17.8 Å². The first kappa shape index (κ1) is 48.6. The van der Waals surface area contributed by atoms with Gasteiger partial charge in [0.25, 0.3) is 0 Å². The zero-order valence-electron chi connectivity index (χ0n) is 32.1. The van der Waals surface area contributed by atoms with Crippen molar-refractivity contribution in [2.24, 2.45) is 29.2 Å². The lowest BCUT2D eigenvalue weighted by molar-refractivity contribution is -0.145. The Morgan fingerprint density at radius 1 is 0.922 bits per heavy atom. The molecule has 1 aromatic rings. The molecule has 0 aromatic heterocycles. The number of carbonyl (C=O) groups excluding carboxylic acids is 7. The third-order valence-electron chi connectivity index (χ3n) is 7.11. The SMILES string of the molecule is CC.CCC(=O)OCc1ccc(NC(=O)CNC(=O)C(NC(=O)CN2C(=O)CC(C(C)C)C2=O)C(C)C)cc1.CCCCN.CCCNC(N)=O. The standard InChI is InChI=1S/C26H36N4O7.C4H10N2O.C4H11N.C2H6/c1-6-23(34)37-14-17-7-9-18(10-8-17)28-20(31)12-27-25(35)24(16(4)5)29-21(32)13-30-22(33)11-19(15(2)3)26(30)36;1-2-3-6-4(5)7;1-2-3-4-5;1-2/h7-10,15-16,19,24H,6,11-14H2,1-5H3,(H,27,35)(H,28,31)(H,29,32);2-3H2,1H3,(H3,5,6,7);2-5H2,1H3;1-2H3. The van der Waals surface area contributed by atoms with Gasteiger partial charge >= 0.3 is 12.0 Å². The Balaban J connectivity index is 0. The Bertz CT molecular complexity index is 1220. The molecule has 1 saturated heterocycles. The van der Waals surface area contributed by atoms with Crippen LogP contribution in [0.3, 0.4) is 0 Å². The van der Waals surface area contributed by atoms with Crippen molar-refractivity contribution in [2.75, 3.05) is 31.5 Å². The molecule has 0 aliphatic carbocycles. The summed E-state index contributed by atoms with van der Waals surface area (Å²) in [7, 11) is 0. The minimum absolute atomic E-state index is 0.0201. The Hall–Kier alpha value is -4.53. The number of esters is 1. The fourth-order valence-electron chi connectivity index (χ4n) is 4.18. The second kappa shape index (κ2) is 28.2. The number of imide groups is 1. The van der Waals surface area contributed by atoms with Gasteiger partial charge in [-0.1, -0.05) is 80.9 Å². The predicted octanol–water partition coefficient (Wildman–Crippen LogP) is 3.20. The Labute approximate surface area is 303 Å². The second-order valence-electron chi connectivity index (χ2n) is 12.1. The van der Waals surface area contributed by atoms with Gasteiger partial charge in [-0.2, -0.15) is 0 Å². The summed E-state index contributed by atoms with van der Waals surface area (Å²) >= 11 is 0. The van der Waals surface area contributed by atoms with Gasteiger partial charge in [0.1, 0.15) is 19.2 Å². The third-order valence-corrected chi connectivity index (χ3v) is 7.11. The summed E-state index contributed by atoms with van der Waals surface area (Å²) in [5, 5.41) is 10.2. The van der Waals surface area contributed by atoms with Crippen molar-refractivity contribution < 1.29 is 38.3 Å². The monoisotopic (exact) mass is 721 g/mol. The van der Waals surface area contributed by atoms with Crippen molar-refractivity contribution >= 4 is 47.2 Å². The van der Waals surface area contributed by atoms with Gasteiger partial charge in [0, 0.05) is 31.0 Å². The van der Waals surface area contributed by atoms with E-state index in [-0.39, 0.29) is 49.7 Å². The summed E-state index contributed by atoms with van der Waals surface area (Å²) in [6, 6.07) is 5.32. The van der Waals surface area contributed by atoms with Crippen LogP contribution in [0.5, 0.6) is 0 Å². The van der Waals surface area contributed by atoms with Crippen molar-refractivity contribution in [3.63, 3.8) is 0 Å². The lowest BCUT2D eigenvalue weighted by Crippen LogP contribution is -2.53. The van der Waals surface area contributed by atoms with E-state index in [2.05, 4.69) is 28.2 Å². The molecule has 0 radical (unpaired) electrons. The molecule has 290 valence electrons. The number of nitrogens with zero attached hydrogens (tertiary/aromatic N) is 1. The van der Waals surface area contributed by atoms with Crippen molar-refractivity contribution in [3.05, 3.63) is 29.8 Å². The van der Waals surface area contributed by atoms with Crippen LogP contribution in [0.4, 0.5) is 10.5 Å². The van der Waals surface area contributed by atoms with Gasteiger partial charge in [-0.05, 0) is 48.9 Å². The summed E-state index contributed by atoms with van der Waals surface area (Å²) in [6.45, 7) is 17.8. The van der Waals surface area contributed by atoms with Gasteiger partial charge in [-0.15, -0.1) is 0 Å². The van der Waals surface area contributed by atoms with Gasteiger partial charge in [-0.25, -0.2) is 4.79 Å². The van der Waals surface area contributed by atoms with Crippen LogP contribution in [-0.2, 0) is 40.1 Å². The molecule has 8 N–H and O–H groups in total. The number of hydrogen-bond donors (Lipinski definition) is 6. The highest BCUT2D eigenvalue weighted by Crippen LogP contribution is 2.26. The van der Waals surface area contributed by atoms with Crippen molar-refractivity contribution in [3.8, 4) is 0 Å². The third kappa shape index (κ3) is 21.3. The molecular formula is C36H63N7O8. The average Bonchev–Trinajstić information content (AvgIpc) is 3.38. The van der Waals surface area contributed by atoms with Crippen molar-refractivity contribution in [2.45, 2.75) is 107 Å². The maximum atomic E-state index is 12.7. The van der Waals surface area contributed by atoms with Gasteiger partial charge in [0.2, 0.25) is 29.5 Å². The second-order valence-corrected chi connectivity index (χ2v) is 12.1. The molecule has 1 aromatic carbocycles. The maximum Gasteiger partial charge on any atom is 0.312 e. The molecule has 2 unspecified atom stereocenters. The number of benzene rings is 1. The maximum absolute atomic E-state index is 12.7. The fourth-order valence-corrected chi connectivity index (χ4v) is 4.18. The van der Waals surface area contributed by atoms with Gasteiger partial charge in [-0.3, -0.25) is 33.7 Å². The van der Waals surface area contributed by atoms with Crippen LogP contribution in [0.1, 0.15) is 100.0 Å². The minimum atomic E-state index is -0.959. The number of amides is 7. The molecule has 0 spiro atoms. The van der Waals surface area contributed by atoms with Crippen LogP contribution in [0.15, 0.2) is 24.3 Å². The van der Waals surface area contributed by atoms with Gasteiger partial charge in [0.15, 0.2) is 0 Å². The number of hydrogen-bond acceptors (Lipinski definition) is 9. The van der Waals surface area contributed by atoms with E-state index in [0.29, 0.717) is 12.2 Å². The largest absolute Gasteiger partial charge is 0.461 e. The molecule has 1 heterocycles. The van der Waals surface area contributed by atoms with E-state index in [1.165, 1.54) is 12.8 Å². The number of likely N-dealkylation sites (tertiary alicyclic amines) is 1. The van der Waals surface area contributed by atoms with Crippen LogP contribution >= 0.6 is 0 Å². The van der Waals surface area contributed by atoms with Crippen LogP contribution in [-0.4, -0.2) is 78.7 Å². The topological polar surface area (TPSA) is 232 Å². The minimum Gasteiger partial charge on any atom is -0.461 e. The van der Waals surface area contributed by atoms with Crippen molar-refractivity contribution in [1.29, 1.82) is 0 Å². The lowest BCUT2D eigenvalue weighted by Gasteiger charge is -2.23. The number of unbranched alkanes of at least 4 members (excludes halogenated alkanes) is 1. The summed E-state index contributed by atoms with van der Waals surface area (Å²) in [5.41, 5.74) is 11.1. The zero-order valence-corrected chi connectivity index (χ0v) is 32.1. The summed E-state index contributed by atoms with van der Waals surface area (Å²) < 4.78 is 5.05. The van der Waals surface area contributed by atoms with Crippen molar-refractivity contribution in [1.82, 2.24) is 20.9 Å². The molecule has 0 saturated carbocycles. The first-order valence-electron chi connectivity index (χ1n) is 17.8. The summed E-state index contributed by atoms with van der Waals surface area (Å²) in [6.07, 6.45) is 3.68. The predicted molar refractivity (Wildman–Crippen MR) is 198 cm³/mol. The van der Waals surface area contributed by atoms with Gasteiger partial charge < -0.3 is 37.5 Å². The molecule has 7 amide bonds. The Morgan fingerprint density at radius 3 is 1.94 bits per heavy atom. The van der Waals surface area contributed by atoms with Gasteiger partial charge in [0.05, 0.1) is 6.54 Å². The quantitative estimate of drug-likeness (QED) is 0.109. The van der Waals surface area contributed by atoms with E-state index >= 15 is 0 Å². The number of nitrogens with one attached hydrogen (secondary N) is 4. The molecule has 0 bridgehead atoms. The number of nitrogens with two attached hydrogens (primary N) is 2. The molecule has 15 heteroatoms. The number of primary amides is 1. The molecule has 2 atom stereocenters. The normalized spacial score (nSPS) is 13.7. The average molecular weight is 722 g/mol. The van der Waals surface area contributed by atoms with E-state index in [4.69, 9.17) is 16.2 Å². The van der Waals surface area contributed by atoms with E-state index in [9.17, 15) is 33.6 Å². The number of carbonyl (C=O) groups is 7. The highest BCUT2D eigenvalue weighted by atomic mass is 16.5. The highest BCUT2D eigenvalue weighted by molar-refractivity contribution is 6.06. The lowest BCUT2D eigenvalue weighted by atomic mass is 9.94. The van der Waals surface area contributed by atoms with Crippen LogP contribution in [0.25, 0.3) is 0 Å². The smallest absolute Gasteiger partial charge is 0.312 e.